The Hall–Kier alpha value is -2.75. The lowest BCUT2D eigenvalue weighted by Crippen LogP contribution is -2.41. The molecule has 0 saturated heterocycles. The molecule has 0 bridgehead atoms. The second-order valence-corrected chi connectivity index (χ2v) is 15.2. The molecule has 1 aromatic carbocycles. The first-order valence-electron chi connectivity index (χ1n) is 12.2. The van der Waals surface area contributed by atoms with E-state index in [9.17, 15) is 5.26 Å². The fourth-order valence-electron chi connectivity index (χ4n) is 3.61. The summed E-state index contributed by atoms with van der Waals surface area (Å²) < 4.78 is 12.9. The van der Waals surface area contributed by atoms with Crippen LogP contribution in [-0.4, -0.2) is 18.3 Å². The molecule has 2 aromatic heterocycles. The predicted octanol–water partition coefficient (Wildman–Crippen LogP) is 7.86. The minimum Gasteiger partial charge on any atom is -0.436 e. The predicted molar refractivity (Wildman–Crippen MR) is 139 cm³/mol. The van der Waals surface area contributed by atoms with Crippen molar-refractivity contribution >= 4 is 8.32 Å². The van der Waals surface area contributed by atoms with Crippen LogP contribution >= 0.6 is 0 Å². The van der Waals surface area contributed by atoms with Gasteiger partial charge >= 0.3 is 0 Å². The Labute approximate surface area is 205 Å². The van der Waals surface area contributed by atoms with Gasteiger partial charge in [-0.25, -0.2) is 4.98 Å². The van der Waals surface area contributed by atoms with E-state index < -0.39 is 8.32 Å². The van der Waals surface area contributed by atoms with Crippen LogP contribution in [0.3, 0.4) is 0 Å². The maximum atomic E-state index is 9.19. The Morgan fingerprint density at radius 3 is 2.47 bits per heavy atom. The van der Waals surface area contributed by atoms with Crippen LogP contribution in [0.15, 0.2) is 59.3 Å². The van der Waals surface area contributed by atoms with Crippen LogP contribution in [0.25, 0.3) is 11.5 Å². The second-order valence-electron chi connectivity index (χ2n) is 10.4. The molecule has 1 unspecified atom stereocenters. The first kappa shape index (κ1) is 25.9. The number of oxazole rings is 1. The highest BCUT2D eigenvalue weighted by Crippen LogP contribution is 2.41. The van der Waals surface area contributed by atoms with E-state index in [0.717, 1.165) is 25.7 Å². The highest BCUT2D eigenvalue weighted by Gasteiger charge is 2.40. The fraction of sp³-hybridized carbons (Fsp3) is 0.464. The van der Waals surface area contributed by atoms with Crippen molar-refractivity contribution in [2.75, 3.05) is 0 Å². The zero-order chi connectivity index (χ0) is 24.6. The molecule has 3 aromatic rings. The monoisotopic (exact) mass is 475 g/mol. The van der Waals surface area contributed by atoms with Crippen LogP contribution < -0.4 is 0 Å². The molecule has 0 N–H and O–H groups in total. The van der Waals surface area contributed by atoms with Gasteiger partial charge in [-0.3, -0.25) is 4.98 Å². The summed E-state index contributed by atoms with van der Waals surface area (Å²) >= 11 is 0. The van der Waals surface area contributed by atoms with Crippen LogP contribution in [0.2, 0.25) is 18.1 Å². The van der Waals surface area contributed by atoms with E-state index in [1.165, 1.54) is 18.4 Å². The summed E-state index contributed by atoms with van der Waals surface area (Å²) in [4.78, 5) is 8.92. The van der Waals surface area contributed by atoms with Gasteiger partial charge in [0.05, 0.1) is 17.8 Å². The normalized spacial score (nSPS) is 12.9. The van der Waals surface area contributed by atoms with Gasteiger partial charge in [-0.15, -0.1) is 0 Å². The van der Waals surface area contributed by atoms with E-state index in [4.69, 9.17) is 8.84 Å². The van der Waals surface area contributed by atoms with Crippen LogP contribution in [0.4, 0.5) is 0 Å². The lowest BCUT2D eigenvalue weighted by Gasteiger charge is -2.38. The van der Waals surface area contributed by atoms with Gasteiger partial charge in [0.25, 0.3) is 0 Å². The Morgan fingerprint density at radius 1 is 1.03 bits per heavy atom. The van der Waals surface area contributed by atoms with Crippen molar-refractivity contribution in [1.29, 1.82) is 5.26 Å². The van der Waals surface area contributed by atoms with Crippen molar-refractivity contribution in [3.63, 3.8) is 0 Å². The third-order valence-electron chi connectivity index (χ3n) is 6.71. The van der Waals surface area contributed by atoms with Gasteiger partial charge in [0.15, 0.2) is 14.1 Å². The minimum absolute atomic E-state index is 0.0963. The summed E-state index contributed by atoms with van der Waals surface area (Å²) in [5.74, 6) is 1.17. The summed E-state index contributed by atoms with van der Waals surface area (Å²) in [7, 11) is -2.01. The number of aryl methyl sites for hydroxylation is 1. The standard InChI is InChI=1S/C28H37N3O2Si/c1-28(2,3)34(4,5)33-25(16-12-7-6-9-13-22-14-10-8-11-15-22)27-31-21-26(32-27)24-19-23(20-29)17-18-30-24/h8,10-11,14-15,17-19,21,25H,6-7,9,12-13,16H2,1-5H3. The molecule has 0 fully saturated rings. The first-order chi connectivity index (χ1) is 16.2. The number of hydrogen-bond acceptors (Lipinski definition) is 5. The third kappa shape index (κ3) is 7.12. The molecule has 0 amide bonds. The zero-order valence-electron chi connectivity index (χ0n) is 21.2. The third-order valence-corrected chi connectivity index (χ3v) is 11.2. The summed E-state index contributed by atoms with van der Waals surface area (Å²) in [6.07, 6.45) is 9.76. The molecule has 1 atom stereocenters. The van der Waals surface area contributed by atoms with Crippen LogP contribution in [0.5, 0.6) is 0 Å². The highest BCUT2D eigenvalue weighted by molar-refractivity contribution is 6.74. The van der Waals surface area contributed by atoms with Crippen molar-refractivity contribution in [2.45, 2.75) is 83.5 Å². The molecule has 0 aliphatic rings. The smallest absolute Gasteiger partial charge is 0.222 e. The van der Waals surface area contributed by atoms with Crippen LogP contribution in [-0.2, 0) is 10.8 Å². The molecular weight excluding hydrogens is 438 g/mol. The average Bonchev–Trinajstić information content (AvgIpc) is 3.31. The Bertz CT molecular complexity index is 1080. The maximum Gasteiger partial charge on any atom is 0.222 e. The molecule has 0 aliphatic carbocycles. The number of pyridine rings is 1. The lowest BCUT2D eigenvalue weighted by atomic mass is 10.0. The van der Waals surface area contributed by atoms with E-state index >= 15 is 0 Å². The summed E-state index contributed by atoms with van der Waals surface area (Å²) in [5, 5.41) is 9.29. The van der Waals surface area contributed by atoms with Crippen molar-refractivity contribution in [1.82, 2.24) is 9.97 Å². The molecule has 0 aliphatic heterocycles. The number of aromatic nitrogens is 2. The van der Waals surface area contributed by atoms with Crippen LogP contribution in [0, 0.1) is 11.3 Å². The molecular formula is C28H37N3O2Si. The second kappa shape index (κ2) is 11.6. The maximum absolute atomic E-state index is 9.19. The number of nitrogens with zero attached hydrogens (tertiary/aromatic N) is 3. The van der Waals surface area contributed by atoms with E-state index in [-0.39, 0.29) is 11.1 Å². The highest BCUT2D eigenvalue weighted by atomic mass is 28.4. The van der Waals surface area contributed by atoms with Crippen molar-refractivity contribution < 1.29 is 8.84 Å². The average molecular weight is 476 g/mol. The fourth-order valence-corrected chi connectivity index (χ4v) is 4.90. The molecule has 3 rings (SSSR count). The lowest BCUT2D eigenvalue weighted by molar-refractivity contribution is 0.139. The number of nitriles is 1. The van der Waals surface area contributed by atoms with Gasteiger partial charge in [-0.1, -0.05) is 70.4 Å². The summed E-state index contributed by atoms with van der Waals surface area (Å²) in [6, 6.07) is 16.2. The van der Waals surface area contributed by atoms with E-state index in [2.05, 4.69) is 80.2 Å². The molecule has 34 heavy (non-hydrogen) atoms. The minimum atomic E-state index is -2.01. The topological polar surface area (TPSA) is 71.9 Å². The molecule has 0 spiro atoms. The molecule has 6 heteroatoms. The SMILES string of the molecule is CC(C)(C)[Si](C)(C)OC(CCCCCCc1ccccc1)c1ncc(-c2cc(C#N)ccn2)o1. The van der Waals surface area contributed by atoms with Gasteiger partial charge in [0.1, 0.15) is 11.8 Å². The molecule has 2 heterocycles. The largest absolute Gasteiger partial charge is 0.436 e. The van der Waals surface area contributed by atoms with E-state index in [1.54, 1.807) is 24.5 Å². The van der Waals surface area contributed by atoms with Gasteiger partial charge in [0, 0.05) is 6.20 Å². The van der Waals surface area contributed by atoms with Gasteiger partial charge in [-0.05, 0) is 55.1 Å². The molecule has 5 nitrogen and oxygen atoms in total. The molecule has 0 saturated carbocycles. The van der Waals surface area contributed by atoms with Crippen molar-refractivity contribution in [3.8, 4) is 17.5 Å². The Kier molecular flexibility index (Phi) is 8.82. The number of benzene rings is 1. The van der Waals surface area contributed by atoms with Crippen molar-refractivity contribution in [3.05, 3.63) is 71.9 Å². The molecule has 0 radical (unpaired) electrons. The van der Waals surface area contributed by atoms with Crippen LogP contribution in [0.1, 0.15) is 76.0 Å². The van der Waals surface area contributed by atoms with E-state index in [0.29, 0.717) is 22.9 Å². The van der Waals surface area contributed by atoms with Gasteiger partial charge in [-0.2, -0.15) is 5.26 Å². The van der Waals surface area contributed by atoms with Gasteiger partial charge < -0.3 is 8.84 Å². The Balaban J connectivity index is 1.65. The van der Waals surface area contributed by atoms with Crippen molar-refractivity contribution in [2.24, 2.45) is 0 Å². The quantitative estimate of drug-likeness (QED) is 0.208. The van der Waals surface area contributed by atoms with Gasteiger partial charge in [0.2, 0.25) is 5.89 Å². The Morgan fingerprint density at radius 2 is 1.76 bits per heavy atom. The molecule has 180 valence electrons. The first-order valence-corrected chi connectivity index (χ1v) is 15.1. The number of hydrogen-bond donors (Lipinski definition) is 0. The number of unbranched alkanes of at least 4 members (excludes halogenated alkanes) is 3. The number of rotatable bonds is 11. The van der Waals surface area contributed by atoms with E-state index in [1.807, 2.05) is 0 Å². The summed E-state index contributed by atoms with van der Waals surface area (Å²) in [5.41, 5.74) is 2.57. The zero-order valence-corrected chi connectivity index (χ0v) is 22.2. The summed E-state index contributed by atoms with van der Waals surface area (Å²) in [6.45, 7) is 11.3.